The molecule has 0 bridgehead atoms. The van der Waals surface area contributed by atoms with Crippen LogP contribution in [0.2, 0.25) is 0 Å². The first kappa shape index (κ1) is 18.5. The Bertz CT molecular complexity index is 1490. The van der Waals surface area contributed by atoms with Crippen molar-refractivity contribution in [1.82, 2.24) is 4.98 Å². The number of sulfonamides is 1. The lowest BCUT2D eigenvalue weighted by atomic mass is 10.1. The van der Waals surface area contributed by atoms with Crippen LogP contribution in [0.25, 0.3) is 21.5 Å². The van der Waals surface area contributed by atoms with Crippen LogP contribution >= 0.6 is 11.3 Å². The van der Waals surface area contributed by atoms with Gasteiger partial charge in [0.15, 0.2) is 5.58 Å². The van der Waals surface area contributed by atoms with Crippen LogP contribution in [0.1, 0.15) is 4.88 Å². The predicted octanol–water partition coefficient (Wildman–Crippen LogP) is 3.31. The van der Waals surface area contributed by atoms with Gasteiger partial charge >= 0.3 is 5.76 Å². The number of oxazole rings is 1. The number of nitriles is 1. The van der Waals surface area contributed by atoms with E-state index in [0.717, 1.165) is 10.4 Å². The largest absolute Gasteiger partial charge is 0.489 e. The second-order valence-corrected chi connectivity index (χ2v) is 9.50. The molecule has 0 unspecified atom stereocenters. The fourth-order valence-corrected chi connectivity index (χ4v) is 5.63. The Morgan fingerprint density at radius 3 is 2.80 bits per heavy atom. The standard InChI is InChI=1S/C20H13N3O5S2/c21-11-13-2-6-19(29-13)12-1-5-17-16(9-12)23(7-8-27-17)30(25,26)14-3-4-15-18(10-14)28-20(24)22-15/h1-6,9-10H,7-8H2,(H,22,24). The molecule has 0 fully saturated rings. The molecule has 8 nitrogen and oxygen atoms in total. The van der Waals surface area contributed by atoms with Gasteiger partial charge in [-0.2, -0.15) is 5.26 Å². The molecule has 3 heterocycles. The van der Waals surface area contributed by atoms with Gasteiger partial charge in [-0.1, -0.05) is 0 Å². The maximum Gasteiger partial charge on any atom is 0.417 e. The SMILES string of the molecule is N#Cc1ccc(-c2ccc3c(c2)N(S(=O)(=O)c2ccc4[nH]c(=O)oc4c2)CCO3)s1. The summed E-state index contributed by atoms with van der Waals surface area (Å²) in [7, 11) is -3.93. The maximum atomic E-state index is 13.4. The second-order valence-electron chi connectivity index (χ2n) is 6.56. The van der Waals surface area contributed by atoms with Gasteiger partial charge in [0.25, 0.3) is 10.0 Å². The van der Waals surface area contributed by atoms with Gasteiger partial charge < -0.3 is 9.15 Å². The van der Waals surface area contributed by atoms with Crippen LogP contribution < -0.4 is 14.8 Å². The summed E-state index contributed by atoms with van der Waals surface area (Å²) in [5.74, 6) is -0.187. The molecule has 2 aromatic heterocycles. The number of hydrogen-bond acceptors (Lipinski definition) is 7. The molecule has 30 heavy (non-hydrogen) atoms. The lowest BCUT2D eigenvalue weighted by molar-refractivity contribution is 0.316. The molecular weight excluding hydrogens is 426 g/mol. The van der Waals surface area contributed by atoms with Gasteiger partial charge in [-0.3, -0.25) is 9.29 Å². The van der Waals surface area contributed by atoms with Gasteiger partial charge in [0.2, 0.25) is 0 Å². The minimum atomic E-state index is -3.93. The highest BCUT2D eigenvalue weighted by Gasteiger charge is 2.31. The second kappa shape index (κ2) is 6.76. The van der Waals surface area contributed by atoms with Crippen LogP contribution in [0.15, 0.2) is 62.6 Å². The molecule has 0 aliphatic carbocycles. The molecule has 0 saturated carbocycles. The third-order valence-electron chi connectivity index (χ3n) is 4.76. The summed E-state index contributed by atoms with van der Waals surface area (Å²) in [6.45, 7) is 0.354. The normalized spacial score (nSPS) is 13.6. The Hall–Kier alpha value is -3.55. The summed E-state index contributed by atoms with van der Waals surface area (Å²) < 4.78 is 38.8. The maximum absolute atomic E-state index is 13.4. The molecule has 1 N–H and O–H groups in total. The van der Waals surface area contributed by atoms with Crippen molar-refractivity contribution in [3.05, 3.63) is 64.0 Å². The van der Waals surface area contributed by atoms with Crippen molar-refractivity contribution < 1.29 is 17.6 Å². The van der Waals surface area contributed by atoms with E-state index < -0.39 is 15.8 Å². The number of rotatable bonds is 3. The number of nitrogens with zero attached hydrogens (tertiary/aromatic N) is 2. The van der Waals surface area contributed by atoms with Crippen LogP contribution in [-0.2, 0) is 10.0 Å². The molecule has 0 radical (unpaired) electrons. The fraction of sp³-hybridized carbons (Fsp3) is 0.100. The highest BCUT2D eigenvalue weighted by atomic mass is 32.2. The van der Waals surface area contributed by atoms with Gasteiger partial charge in [-0.15, -0.1) is 11.3 Å². The number of benzene rings is 2. The molecule has 150 valence electrons. The molecule has 1 aliphatic rings. The highest BCUT2D eigenvalue weighted by Crippen LogP contribution is 2.40. The van der Waals surface area contributed by atoms with E-state index in [9.17, 15) is 13.2 Å². The van der Waals surface area contributed by atoms with Crippen LogP contribution in [0, 0.1) is 11.3 Å². The van der Waals surface area contributed by atoms with E-state index in [1.54, 1.807) is 18.2 Å². The smallest absolute Gasteiger partial charge is 0.417 e. The molecule has 0 spiro atoms. The first-order chi connectivity index (χ1) is 14.5. The lowest BCUT2D eigenvalue weighted by Crippen LogP contribution is -2.37. The highest BCUT2D eigenvalue weighted by molar-refractivity contribution is 7.92. The van der Waals surface area contributed by atoms with Crippen LogP contribution in [0.5, 0.6) is 5.75 Å². The van der Waals surface area contributed by atoms with E-state index in [1.807, 2.05) is 12.1 Å². The average Bonchev–Trinajstić information content (AvgIpc) is 3.37. The average molecular weight is 439 g/mol. The summed E-state index contributed by atoms with van der Waals surface area (Å²) in [6, 6.07) is 15.2. The number of fused-ring (bicyclic) bond motifs is 2. The van der Waals surface area contributed by atoms with E-state index in [1.165, 1.54) is 33.8 Å². The fourth-order valence-electron chi connectivity index (χ4n) is 3.36. The number of aromatic amines is 1. The van der Waals surface area contributed by atoms with E-state index in [4.69, 9.17) is 14.4 Å². The van der Waals surface area contributed by atoms with E-state index in [2.05, 4.69) is 11.1 Å². The van der Waals surface area contributed by atoms with Crippen molar-refractivity contribution in [2.45, 2.75) is 4.90 Å². The Morgan fingerprint density at radius 2 is 2.00 bits per heavy atom. The summed E-state index contributed by atoms with van der Waals surface area (Å²) in [4.78, 5) is 15.3. The molecule has 5 rings (SSSR count). The Labute approximate surface area is 174 Å². The third-order valence-corrected chi connectivity index (χ3v) is 7.61. The van der Waals surface area contributed by atoms with Crippen molar-refractivity contribution in [2.75, 3.05) is 17.5 Å². The topological polar surface area (TPSA) is 116 Å². The first-order valence-electron chi connectivity index (χ1n) is 8.88. The zero-order valence-corrected chi connectivity index (χ0v) is 16.9. The molecule has 2 aromatic carbocycles. The Balaban J connectivity index is 1.60. The van der Waals surface area contributed by atoms with Crippen LogP contribution in [0.3, 0.4) is 0 Å². The van der Waals surface area contributed by atoms with Crippen LogP contribution in [-0.4, -0.2) is 26.6 Å². The Kier molecular flexibility index (Phi) is 4.16. The summed E-state index contributed by atoms with van der Waals surface area (Å²) in [5.41, 5.74) is 1.81. The summed E-state index contributed by atoms with van der Waals surface area (Å²) in [5, 5.41) is 9.06. The zero-order chi connectivity index (χ0) is 20.9. The summed E-state index contributed by atoms with van der Waals surface area (Å²) in [6.07, 6.45) is 0. The van der Waals surface area contributed by atoms with E-state index in [0.29, 0.717) is 21.8 Å². The number of aromatic nitrogens is 1. The number of H-pyrrole nitrogens is 1. The van der Waals surface area contributed by atoms with Crippen molar-refractivity contribution in [1.29, 1.82) is 5.26 Å². The Morgan fingerprint density at radius 1 is 1.13 bits per heavy atom. The van der Waals surface area contributed by atoms with Gasteiger partial charge in [-0.25, -0.2) is 13.2 Å². The van der Waals surface area contributed by atoms with Crippen molar-refractivity contribution >= 4 is 38.1 Å². The van der Waals surface area contributed by atoms with Gasteiger partial charge in [-0.05, 0) is 48.0 Å². The van der Waals surface area contributed by atoms with Crippen molar-refractivity contribution in [2.24, 2.45) is 0 Å². The number of ether oxygens (including phenoxy) is 1. The predicted molar refractivity (Wildman–Crippen MR) is 111 cm³/mol. The minimum absolute atomic E-state index is 0.0129. The molecule has 0 atom stereocenters. The van der Waals surface area contributed by atoms with Crippen molar-refractivity contribution in [3.63, 3.8) is 0 Å². The molecule has 4 aromatic rings. The van der Waals surface area contributed by atoms with Crippen LogP contribution in [0.4, 0.5) is 5.69 Å². The monoisotopic (exact) mass is 439 g/mol. The number of anilines is 1. The first-order valence-corrected chi connectivity index (χ1v) is 11.1. The van der Waals surface area contributed by atoms with Crippen molar-refractivity contribution in [3.8, 4) is 22.3 Å². The van der Waals surface area contributed by atoms with Gasteiger partial charge in [0, 0.05) is 10.9 Å². The molecular formula is C20H13N3O5S2. The molecule has 0 saturated heterocycles. The quantitative estimate of drug-likeness (QED) is 0.523. The molecule has 10 heteroatoms. The minimum Gasteiger partial charge on any atom is -0.489 e. The molecule has 0 amide bonds. The van der Waals surface area contributed by atoms with E-state index >= 15 is 0 Å². The van der Waals surface area contributed by atoms with Gasteiger partial charge in [0.1, 0.15) is 23.3 Å². The number of hydrogen-bond donors (Lipinski definition) is 1. The van der Waals surface area contributed by atoms with Gasteiger partial charge in [0.05, 0.1) is 22.6 Å². The zero-order valence-electron chi connectivity index (χ0n) is 15.3. The molecule has 1 aliphatic heterocycles. The van der Waals surface area contributed by atoms with E-state index in [-0.39, 0.29) is 23.6 Å². The third kappa shape index (κ3) is 2.96. The summed E-state index contributed by atoms with van der Waals surface area (Å²) >= 11 is 1.33. The number of nitrogens with one attached hydrogen (secondary N) is 1. The number of thiophene rings is 1. The lowest BCUT2D eigenvalue weighted by Gasteiger charge is -2.30.